The Morgan fingerprint density at radius 2 is 2.17 bits per heavy atom. The molecule has 0 spiro atoms. The molecule has 0 radical (unpaired) electrons. The number of nitrogens with zero attached hydrogens (tertiary/aromatic N) is 2. The van der Waals surface area contributed by atoms with Gasteiger partial charge in [-0.15, -0.1) is 0 Å². The van der Waals surface area contributed by atoms with Gasteiger partial charge in [0.2, 0.25) is 0 Å². The molecule has 4 nitrogen and oxygen atoms in total. The van der Waals surface area contributed by atoms with E-state index in [1.54, 1.807) is 12.1 Å². The Hall–Kier alpha value is -1.86. The summed E-state index contributed by atoms with van der Waals surface area (Å²) in [6, 6.07) is 9.34. The Morgan fingerprint density at radius 1 is 1.44 bits per heavy atom. The fourth-order valence-electron chi connectivity index (χ4n) is 2.15. The normalized spacial score (nSPS) is 19.2. The number of hydrogen-bond donors (Lipinski definition) is 2. The van der Waals surface area contributed by atoms with Crippen molar-refractivity contribution in [1.82, 2.24) is 5.32 Å². The van der Waals surface area contributed by atoms with Crippen LogP contribution in [0.4, 0.5) is 5.69 Å². The van der Waals surface area contributed by atoms with Crippen molar-refractivity contribution in [3.8, 4) is 6.07 Å². The fraction of sp³-hybridized carbons (Fsp3) is 0.429. The van der Waals surface area contributed by atoms with Gasteiger partial charge in [-0.2, -0.15) is 5.26 Å². The molecule has 0 aliphatic carbocycles. The summed E-state index contributed by atoms with van der Waals surface area (Å²) in [6.07, 6.45) is 2.00. The number of hydrogen-bond acceptors (Lipinski definition) is 3. The van der Waals surface area contributed by atoms with Gasteiger partial charge in [-0.3, -0.25) is 0 Å². The van der Waals surface area contributed by atoms with Crippen LogP contribution >= 0.6 is 0 Å². The first-order chi connectivity index (χ1) is 8.64. The lowest BCUT2D eigenvalue weighted by Crippen LogP contribution is -2.43. The monoisotopic (exact) mass is 242 g/mol. The Morgan fingerprint density at radius 3 is 2.83 bits per heavy atom. The van der Waals surface area contributed by atoms with Gasteiger partial charge < -0.3 is 11.1 Å². The third kappa shape index (κ3) is 2.69. The smallest absolute Gasteiger partial charge is 0.106 e. The molecule has 1 heterocycles. The van der Waals surface area contributed by atoms with E-state index < -0.39 is 0 Å². The van der Waals surface area contributed by atoms with Crippen molar-refractivity contribution < 1.29 is 0 Å². The van der Waals surface area contributed by atoms with E-state index in [0.29, 0.717) is 11.4 Å². The summed E-state index contributed by atoms with van der Waals surface area (Å²) >= 11 is 0. The Bertz CT molecular complexity index is 493. The van der Waals surface area contributed by atoms with E-state index in [1.165, 1.54) is 0 Å². The minimum absolute atomic E-state index is 0.0338. The molecule has 0 aromatic heterocycles. The van der Waals surface area contributed by atoms with Gasteiger partial charge >= 0.3 is 0 Å². The van der Waals surface area contributed by atoms with Crippen LogP contribution in [-0.2, 0) is 0 Å². The fourth-order valence-corrected chi connectivity index (χ4v) is 2.15. The molecule has 1 aliphatic rings. The zero-order chi connectivity index (χ0) is 13.0. The Balaban J connectivity index is 2.23. The van der Waals surface area contributed by atoms with Crippen LogP contribution in [-0.4, -0.2) is 18.9 Å². The van der Waals surface area contributed by atoms with Gasteiger partial charge in [0, 0.05) is 5.41 Å². The maximum absolute atomic E-state index is 8.86. The highest BCUT2D eigenvalue weighted by Crippen LogP contribution is 2.29. The number of amidine groups is 1. The second kappa shape index (κ2) is 5.19. The number of rotatable bonds is 2. The number of nitriles is 1. The summed E-state index contributed by atoms with van der Waals surface area (Å²) in [6.45, 7) is 4.11. The molecule has 94 valence electrons. The SMILES string of the molecule is CC1(C(N)=Nc2cccc(C#N)c2)CCNCC1. The third-order valence-electron chi connectivity index (χ3n) is 3.55. The van der Waals surface area contributed by atoms with Gasteiger partial charge in [0.25, 0.3) is 0 Å². The predicted molar refractivity (Wildman–Crippen MR) is 72.7 cm³/mol. The predicted octanol–water partition coefficient (Wildman–Crippen LogP) is 1.94. The van der Waals surface area contributed by atoms with Gasteiger partial charge in [-0.25, -0.2) is 4.99 Å². The first kappa shape index (κ1) is 12.6. The minimum Gasteiger partial charge on any atom is -0.387 e. The van der Waals surface area contributed by atoms with Crippen molar-refractivity contribution >= 4 is 11.5 Å². The van der Waals surface area contributed by atoms with Gasteiger partial charge in [-0.05, 0) is 44.1 Å². The average Bonchev–Trinajstić information content (AvgIpc) is 2.40. The van der Waals surface area contributed by atoms with Crippen molar-refractivity contribution in [2.45, 2.75) is 19.8 Å². The van der Waals surface area contributed by atoms with Crippen LogP contribution in [0.15, 0.2) is 29.3 Å². The number of aliphatic imine (C=N–C) groups is 1. The van der Waals surface area contributed by atoms with Crippen LogP contribution in [0.25, 0.3) is 0 Å². The molecule has 4 heteroatoms. The molecular formula is C14H18N4. The first-order valence-corrected chi connectivity index (χ1v) is 6.20. The second-order valence-corrected chi connectivity index (χ2v) is 4.97. The molecule has 1 aliphatic heterocycles. The molecule has 1 aromatic rings. The van der Waals surface area contributed by atoms with Crippen LogP contribution in [0.5, 0.6) is 0 Å². The maximum Gasteiger partial charge on any atom is 0.106 e. The van der Waals surface area contributed by atoms with E-state index in [2.05, 4.69) is 23.3 Å². The lowest BCUT2D eigenvalue weighted by Gasteiger charge is -2.33. The molecule has 1 aromatic carbocycles. The summed E-state index contributed by atoms with van der Waals surface area (Å²) in [5, 5.41) is 12.2. The number of piperidine rings is 1. The number of benzene rings is 1. The molecule has 0 bridgehead atoms. The largest absolute Gasteiger partial charge is 0.387 e. The van der Waals surface area contributed by atoms with Crippen molar-refractivity contribution in [2.75, 3.05) is 13.1 Å². The number of nitrogens with two attached hydrogens (primary N) is 1. The van der Waals surface area contributed by atoms with E-state index in [0.717, 1.165) is 31.6 Å². The molecule has 0 saturated carbocycles. The van der Waals surface area contributed by atoms with Gasteiger partial charge in [0.15, 0.2) is 0 Å². The first-order valence-electron chi connectivity index (χ1n) is 6.20. The maximum atomic E-state index is 8.86. The highest BCUT2D eigenvalue weighted by atomic mass is 14.9. The Labute approximate surface area is 108 Å². The summed E-state index contributed by atoms with van der Waals surface area (Å²) < 4.78 is 0. The van der Waals surface area contributed by atoms with E-state index >= 15 is 0 Å². The van der Waals surface area contributed by atoms with Crippen molar-refractivity contribution in [3.63, 3.8) is 0 Å². The van der Waals surface area contributed by atoms with Crippen LogP contribution in [0.3, 0.4) is 0 Å². The highest BCUT2D eigenvalue weighted by molar-refractivity contribution is 5.88. The van der Waals surface area contributed by atoms with E-state index in [9.17, 15) is 0 Å². The quantitative estimate of drug-likeness (QED) is 0.614. The molecule has 0 amide bonds. The third-order valence-corrected chi connectivity index (χ3v) is 3.55. The van der Waals surface area contributed by atoms with Crippen LogP contribution in [0.2, 0.25) is 0 Å². The van der Waals surface area contributed by atoms with Crippen LogP contribution in [0.1, 0.15) is 25.3 Å². The zero-order valence-corrected chi connectivity index (χ0v) is 10.6. The van der Waals surface area contributed by atoms with Crippen LogP contribution < -0.4 is 11.1 Å². The molecule has 3 N–H and O–H groups in total. The molecule has 18 heavy (non-hydrogen) atoms. The topological polar surface area (TPSA) is 74.2 Å². The lowest BCUT2D eigenvalue weighted by molar-refractivity contribution is 0.326. The average molecular weight is 242 g/mol. The van der Waals surface area contributed by atoms with Crippen molar-refractivity contribution in [1.29, 1.82) is 5.26 Å². The zero-order valence-electron chi connectivity index (χ0n) is 10.6. The van der Waals surface area contributed by atoms with E-state index in [1.807, 2.05) is 12.1 Å². The standard InChI is InChI=1S/C14H18N4/c1-14(5-7-17-8-6-14)13(16)18-12-4-2-3-11(9-12)10-15/h2-4,9,17H,5-8H2,1H3,(H2,16,18). The van der Waals surface area contributed by atoms with E-state index in [4.69, 9.17) is 11.0 Å². The summed E-state index contributed by atoms with van der Waals surface area (Å²) in [5.74, 6) is 0.666. The molecule has 0 atom stereocenters. The Kier molecular flexibility index (Phi) is 3.63. The van der Waals surface area contributed by atoms with Gasteiger partial charge in [-0.1, -0.05) is 13.0 Å². The molecular weight excluding hydrogens is 224 g/mol. The molecule has 1 fully saturated rings. The molecule has 2 rings (SSSR count). The van der Waals surface area contributed by atoms with Crippen molar-refractivity contribution in [2.24, 2.45) is 16.1 Å². The van der Waals surface area contributed by atoms with Gasteiger partial charge in [0.1, 0.15) is 5.84 Å². The summed E-state index contributed by atoms with van der Waals surface area (Å²) in [4.78, 5) is 4.48. The lowest BCUT2D eigenvalue weighted by atomic mass is 9.80. The summed E-state index contributed by atoms with van der Waals surface area (Å²) in [7, 11) is 0. The van der Waals surface area contributed by atoms with Crippen molar-refractivity contribution in [3.05, 3.63) is 29.8 Å². The summed E-state index contributed by atoms with van der Waals surface area (Å²) in [5.41, 5.74) is 7.48. The highest BCUT2D eigenvalue weighted by Gasteiger charge is 2.30. The number of nitrogens with one attached hydrogen (secondary N) is 1. The van der Waals surface area contributed by atoms with E-state index in [-0.39, 0.29) is 5.41 Å². The molecule has 0 unspecified atom stereocenters. The van der Waals surface area contributed by atoms with Gasteiger partial charge in [0.05, 0.1) is 17.3 Å². The second-order valence-electron chi connectivity index (χ2n) is 4.97. The van der Waals surface area contributed by atoms with Crippen LogP contribution in [0, 0.1) is 16.7 Å². The minimum atomic E-state index is -0.0338. The molecule has 1 saturated heterocycles.